The van der Waals surface area contributed by atoms with Crippen molar-refractivity contribution in [2.75, 3.05) is 0 Å². The van der Waals surface area contributed by atoms with E-state index in [9.17, 15) is 0 Å². The van der Waals surface area contributed by atoms with E-state index >= 15 is 0 Å². The number of aryl methyl sites for hydroxylation is 2. The van der Waals surface area contributed by atoms with Gasteiger partial charge in [0.25, 0.3) is 0 Å². The molecule has 3 heteroatoms. The normalized spacial score (nSPS) is 14.9. The average Bonchev–Trinajstić information content (AvgIpc) is 2.67. The van der Waals surface area contributed by atoms with Crippen LogP contribution in [0.15, 0.2) is 6.07 Å². The minimum Gasteiger partial charge on any atom is -0.325 e. The highest BCUT2D eigenvalue weighted by Gasteiger charge is 2.24. The third-order valence-corrected chi connectivity index (χ3v) is 3.66. The van der Waals surface area contributed by atoms with Gasteiger partial charge in [-0.1, -0.05) is 33.6 Å². The third-order valence-electron chi connectivity index (χ3n) is 3.66. The highest BCUT2D eigenvalue weighted by molar-refractivity contribution is 5.13. The van der Waals surface area contributed by atoms with Gasteiger partial charge < -0.3 is 5.73 Å². The minimum absolute atomic E-state index is 0.0607. The lowest BCUT2D eigenvalue weighted by atomic mass is 9.86. The molecule has 0 fully saturated rings. The third kappa shape index (κ3) is 3.84. The number of nitrogens with zero attached hydrogens (tertiary/aromatic N) is 2. The van der Waals surface area contributed by atoms with Crippen LogP contribution in [0, 0.1) is 0 Å². The minimum atomic E-state index is -0.0607. The Morgan fingerprint density at radius 2 is 2.06 bits per heavy atom. The summed E-state index contributed by atoms with van der Waals surface area (Å²) in [6.45, 7) is 6.54. The molecule has 2 N–H and O–H groups in total. The number of nitrogens with two attached hydrogens (primary N) is 1. The van der Waals surface area contributed by atoms with Gasteiger partial charge in [-0.3, -0.25) is 4.68 Å². The van der Waals surface area contributed by atoms with E-state index in [1.165, 1.54) is 18.5 Å². The first kappa shape index (κ1) is 14.2. The lowest BCUT2D eigenvalue weighted by Gasteiger charge is -2.28. The van der Waals surface area contributed by atoms with Crippen LogP contribution in [-0.4, -0.2) is 15.3 Å². The second kappa shape index (κ2) is 6.20. The molecular formula is C14H27N3. The molecule has 0 amide bonds. The Morgan fingerprint density at radius 3 is 2.53 bits per heavy atom. The topological polar surface area (TPSA) is 43.8 Å². The predicted molar refractivity (Wildman–Crippen MR) is 73.0 cm³/mol. The molecule has 0 saturated heterocycles. The lowest BCUT2D eigenvalue weighted by molar-refractivity contribution is 0.357. The first-order valence-corrected chi connectivity index (χ1v) is 6.85. The summed E-state index contributed by atoms with van der Waals surface area (Å²) in [5.74, 6) is 0. The Kier molecular flexibility index (Phi) is 5.19. The van der Waals surface area contributed by atoms with Gasteiger partial charge in [0.05, 0.1) is 5.69 Å². The predicted octanol–water partition coefficient (Wildman–Crippen LogP) is 2.82. The maximum Gasteiger partial charge on any atom is 0.0624 e. The maximum absolute atomic E-state index is 6.49. The van der Waals surface area contributed by atoms with Gasteiger partial charge in [0.2, 0.25) is 0 Å². The Labute approximate surface area is 105 Å². The van der Waals surface area contributed by atoms with Crippen LogP contribution in [0.25, 0.3) is 0 Å². The van der Waals surface area contributed by atoms with Gasteiger partial charge in [0, 0.05) is 24.7 Å². The van der Waals surface area contributed by atoms with E-state index in [1.807, 2.05) is 11.7 Å². The summed E-state index contributed by atoms with van der Waals surface area (Å²) in [7, 11) is 2.02. The second-order valence-electron chi connectivity index (χ2n) is 5.10. The molecule has 0 spiro atoms. The lowest BCUT2D eigenvalue weighted by Crippen LogP contribution is -2.41. The smallest absolute Gasteiger partial charge is 0.0624 e. The van der Waals surface area contributed by atoms with Gasteiger partial charge in [0.1, 0.15) is 0 Å². The quantitative estimate of drug-likeness (QED) is 0.792. The van der Waals surface area contributed by atoms with Gasteiger partial charge in [0.15, 0.2) is 0 Å². The summed E-state index contributed by atoms with van der Waals surface area (Å²) in [4.78, 5) is 0. The molecule has 1 rings (SSSR count). The van der Waals surface area contributed by atoms with Crippen molar-refractivity contribution < 1.29 is 0 Å². The van der Waals surface area contributed by atoms with Crippen molar-refractivity contribution in [2.45, 2.75) is 64.8 Å². The number of rotatable bonds is 7. The number of aromatic nitrogens is 2. The van der Waals surface area contributed by atoms with Crippen LogP contribution >= 0.6 is 0 Å². The van der Waals surface area contributed by atoms with Crippen molar-refractivity contribution in [2.24, 2.45) is 12.8 Å². The van der Waals surface area contributed by atoms with Crippen LogP contribution in [0.1, 0.15) is 57.8 Å². The van der Waals surface area contributed by atoms with Crippen molar-refractivity contribution in [1.29, 1.82) is 0 Å². The second-order valence-corrected chi connectivity index (χ2v) is 5.10. The van der Waals surface area contributed by atoms with E-state index in [0.29, 0.717) is 0 Å². The van der Waals surface area contributed by atoms with Crippen LogP contribution in [0.3, 0.4) is 0 Å². The fourth-order valence-electron chi connectivity index (χ4n) is 2.19. The highest BCUT2D eigenvalue weighted by Crippen LogP contribution is 2.21. The van der Waals surface area contributed by atoms with Gasteiger partial charge in [-0.25, -0.2) is 0 Å². The van der Waals surface area contributed by atoms with Crippen LogP contribution in [0.4, 0.5) is 0 Å². The Bertz CT molecular complexity index is 343. The van der Waals surface area contributed by atoms with Crippen molar-refractivity contribution in [3.8, 4) is 0 Å². The summed E-state index contributed by atoms with van der Waals surface area (Å²) in [5.41, 5.74) is 8.86. The van der Waals surface area contributed by atoms with Crippen LogP contribution in [0.5, 0.6) is 0 Å². The molecule has 3 nitrogen and oxygen atoms in total. The highest BCUT2D eigenvalue weighted by atomic mass is 15.3. The number of hydrogen-bond donors (Lipinski definition) is 1. The number of hydrogen-bond acceptors (Lipinski definition) is 2. The van der Waals surface area contributed by atoms with Gasteiger partial charge >= 0.3 is 0 Å². The molecule has 0 bridgehead atoms. The van der Waals surface area contributed by atoms with E-state index in [0.717, 1.165) is 31.4 Å². The summed E-state index contributed by atoms with van der Waals surface area (Å²) < 4.78 is 1.99. The van der Waals surface area contributed by atoms with Gasteiger partial charge in [-0.2, -0.15) is 5.10 Å². The van der Waals surface area contributed by atoms with E-state index in [1.54, 1.807) is 0 Å². The summed E-state index contributed by atoms with van der Waals surface area (Å²) in [6, 6.07) is 2.20. The zero-order valence-electron chi connectivity index (χ0n) is 11.8. The van der Waals surface area contributed by atoms with Crippen LogP contribution in [-0.2, 0) is 19.9 Å². The molecule has 1 atom stereocenters. The molecule has 1 aromatic rings. The van der Waals surface area contributed by atoms with Crippen molar-refractivity contribution in [3.05, 3.63) is 17.5 Å². The molecule has 1 heterocycles. The molecule has 0 aliphatic carbocycles. The molecule has 17 heavy (non-hydrogen) atoms. The number of unbranched alkanes of at least 4 members (excludes halogenated alkanes) is 1. The van der Waals surface area contributed by atoms with Crippen molar-refractivity contribution in [3.63, 3.8) is 0 Å². The van der Waals surface area contributed by atoms with Gasteiger partial charge in [-0.05, 0) is 25.3 Å². The fraction of sp³-hybridized carbons (Fsp3) is 0.786. The Hall–Kier alpha value is -0.830. The average molecular weight is 237 g/mol. The standard InChI is InChI=1S/C14H27N3/c1-5-8-9-14(15,7-3)11-13-10-12(6-2)16-17(13)4/h10H,5-9,11,15H2,1-4H3. The summed E-state index contributed by atoms with van der Waals surface area (Å²) >= 11 is 0. The molecule has 0 aromatic carbocycles. The zero-order valence-corrected chi connectivity index (χ0v) is 11.8. The summed E-state index contributed by atoms with van der Waals surface area (Å²) in [5, 5.41) is 4.49. The van der Waals surface area contributed by atoms with E-state index in [2.05, 4.69) is 31.9 Å². The van der Waals surface area contributed by atoms with Crippen molar-refractivity contribution >= 4 is 0 Å². The molecule has 0 saturated carbocycles. The van der Waals surface area contributed by atoms with Crippen LogP contribution in [0.2, 0.25) is 0 Å². The first-order chi connectivity index (χ1) is 8.04. The first-order valence-electron chi connectivity index (χ1n) is 6.85. The zero-order chi connectivity index (χ0) is 12.9. The molecule has 1 unspecified atom stereocenters. The maximum atomic E-state index is 6.49. The van der Waals surface area contributed by atoms with E-state index in [4.69, 9.17) is 5.73 Å². The molecule has 1 aromatic heterocycles. The molecule has 0 aliphatic heterocycles. The molecule has 0 radical (unpaired) electrons. The Morgan fingerprint density at radius 1 is 1.35 bits per heavy atom. The monoisotopic (exact) mass is 237 g/mol. The van der Waals surface area contributed by atoms with E-state index in [-0.39, 0.29) is 5.54 Å². The van der Waals surface area contributed by atoms with Crippen molar-refractivity contribution in [1.82, 2.24) is 9.78 Å². The van der Waals surface area contributed by atoms with E-state index < -0.39 is 0 Å². The van der Waals surface area contributed by atoms with Gasteiger partial charge in [-0.15, -0.1) is 0 Å². The molecular weight excluding hydrogens is 210 g/mol. The summed E-state index contributed by atoms with van der Waals surface area (Å²) in [6.07, 6.45) is 6.49. The molecule has 0 aliphatic rings. The SMILES string of the molecule is CCCCC(N)(CC)Cc1cc(CC)nn1C. The molecule has 98 valence electrons. The largest absolute Gasteiger partial charge is 0.325 e. The fourth-order valence-corrected chi connectivity index (χ4v) is 2.19. The van der Waals surface area contributed by atoms with Crippen LogP contribution < -0.4 is 5.73 Å². The Balaban J connectivity index is 2.75.